The van der Waals surface area contributed by atoms with Gasteiger partial charge in [-0.25, -0.2) is 14.6 Å². The molecule has 0 radical (unpaired) electrons. The van der Waals surface area contributed by atoms with E-state index < -0.39 is 11.9 Å². The van der Waals surface area contributed by atoms with Crippen LogP contribution in [0.4, 0.5) is 5.82 Å². The maximum Gasteiger partial charge on any atom is 0.276 e. The first-order valence-electron chi connectivity index (χ1n) is 11.5. The Kier molecular flexibility index (Phi) is 5.16. The number of aromatic nitrogens is 5. The maximum atomic E-state index is 12.9. The molecule has 0 saturated carbocycles. The molecule has 36 heavy (non-hydrogen) atoms. The number of fused-ring (bicyclic) bond motifs is 1. The zero-order chi connectivity index (χ0) is 24.8. The number of piperidine rings is 1. The standard InChI is InChI=1S/C23H21N9O4/c33-20-4-3-18(21(34)27-20)31-8-13-7-15(1-2-16(13)22(31)35)32-11-17(28-29-32)23(36)30-9-14(10-30)26-19-5-6-24-12-25-19/h1-2,5-7,11-12,14,18H,3-4,8-10H2,(H,24,25,26)(H,27,33,34). The van der Waals surface area contributed by atoms with Gasteiger partial charge in [-0.2, -0.15) is 0 Å². The molecule has 2 N–H and O–H groups in total. The lowest BCUT2D eigenvalue weighted by atomic mass is 10.0. The van der Waals surface area contributed by atoms with Crippen LogP contribution in [0, 0.1) is 0 Å². The van der Waals surface area contributed by atoms with E-state index in [1.807, 2.05) is 0 Å². The highest BCUT2D eigenvalue weighted by atomic mass is 16.2. The summed E-state index contributed by atoms with van der Waals surface area (Å²) in [6.45, 7) is 1.29. The van der Waals surface area contributed by atoms with E-state index >= 15 is 0 Å². The lowest BCUT2D eigenvalue weighted by molar-refractivity contribution is -0.136. The quantitative estimate of drug-likeness (QED) is 0.464. The highest BCUT2D eigenvalue weighted by molar-refractivity contribution is 6.05. The van der Waals surface area contributed by atoms with E-state index in [9.17, 15) is 19.2 Å². The van der Waals surface area contributed by atoms with Crippen molar-refractivity contribution >= 4 is 29.4 Å². The second-order valence-corrected chi connectivity index (χ2v) is 8.94. The largest absolute Gasteiger partial charge is 0.364 e. The van der Waals surface area contributed by atoms with Crippen LogP contribution in [-0.4, -0.2) is 83.6 Å². The number of rotatable bonds is 5. The Balaban J connectivity index is 1.12. The summed E-state index contributed by atoms with van der Waals surface area (Å²) in [5.74, 6) is -0.535. The van der Waals surface area contributed by atoms with E-state index in [-0.39, 0.29) is 42.4 Å². The zero-order valence-electron chi connectivity index (χ0n) is 19.0. The molecule has 5 heterocycles. The van der Waals surface area contributed by atoms with E-state index in [0.717, 1.165) is 5.56 Å². The Morgan fingerprint density at radius 1 is 1.14 bits per heavy atom. The first kappa shape index (κ1) is 21.8. The number of anilines is 1. The molecule has 3 aliphatic rings. The molecule has 13 heteroatoms. The predicted octanol–water partition coefficient (Wildman–Crippen LogP) is -0.245. The van der Waals surface area contributed by atoms with Crippen molar-refractivity contribution in [1.29, 1.82) is 0 Å². The minimum absolute atomic E-state index is 0.0976. The van der Waals surface area contributed by atoms with Crippen LogP contribution in [0.5, 0.6) is 0 Å². The van der Waals surface area contributed by atoms with Gasteiger partial charge in [0.1, 0.15) is 18.2 Å². The third-order valence-corrected chi connectivity index (χ3v) is 6.59. The van der Waals surface area contributed by atoms with Crippen molar-refractivity contribution in [3.8, 4) is 5.69 Å². The molecule has 0 aliphatic carbocycles. The van der Waals surface area contributed by atoms with Crippen LogP contribution < -0.4 is 10.6 Å². The third-order valence-electron chi connectivity index (χ3n) is 6.59. The fourth-order valence-electron chi connectivity index (χ4n) is 4.67. The van der Waals surface area contributed by atoms with Gasteiger partial charge in [0.2, 0.25) is 11.8 Å². The summed E-state index contributed by atoms with van der Waals surface area (Å²) in [6.07, 6.45) is 5.17. The molecular formula is C23H21N9O4. The van der Waals surface area contributed by atoms with Gasteiger partial charge >= 0.3 is 0 Å². The summed E-state index contributed by atoms with van der Waals surface area (Å²) in [5.41, 5.74) is 2.11. The number of hydrogen-bond acceptors (Lipinski definition) is 9. The molecule has 4 amide bonds. The van der Waals surface area contributed by atoms with Gasteiger partial charge in [-0.05, 0) is 36.2 Å². The first-order chi connectivity index (χ1) is 17.5. The van der Waals surface area contributed by atoms with Crippen molar-refractivity contribution in [3.63, 3.8) is 0 Å². The number of carbonyl (C=O) groups is 4. The van der Waals surface area contributed by atoms with Gasteiger partial charge in [0, 0.05) is 37.8 Å². The number of hydrogen-bond donors (Lipinski definition) is 2. The SMILES string of the molecule is O=C1CCC(N2Cc3cc(-n4cc(C(=O)N5CC(Nc6ccncn6)C5)nn4)ccc3C2=O)C(=O)N1. The van der Waals surface area contributed by atoms with Crippen molar-refractivity contribution in [3.05, 3.63) is 59.8 Å². The molecule has 1 aromatic carbocycles. The van der Waals surface area contributed by atoms with Crippen LogP contribution in [0.3, 0.4) is 0 Å². The molecule has 2 saturated heterocycles. The van der Waals surface area contributed by atoms with Crippen molar-refractivity contribution in [2.45, 2.75) is 31.5 Å². The van der Waals surface area contributed by atoms with Gasteiger partial charge < -0.3 is 15.1 Å². The van der Waals surface area contributed by atoms with E-state index in [0.29, 0.717) is 36.6 Å². The number of benzene rings is 1. The average Bonchev–Trinajstić information content (AvgIpc) is 3.47. The van der Waals surface area contributed by atoms with Gasteiger partial charge in [0.25, 0.3) is 11.8 Å². The molecule has 2 aromatic heterocycles. The van der Waals surface area contributed by atoms with Crippen LogP contribution in [0.2, 0.25) is 0 Å². The summed E-state index contributed by atoms with van der Waals surface area (Å²) in [4.78, 5) is 60.6. The molecule has 1 atom stereocenters. The monoisotopic (exact) mass is 487 g/mol. The summed E-state index contributed by atoms with van der Waals surface area (Å²) >= 11 is 0. The minimum atomic E-state index is -0.675. The summed E-state index contributed by atoms with van der Waals surface area (Å²) < 4.78 is 1.49. The Morgan fingerprint density at radius 2 is 2.00 bits per heavy atom. The third kappa shape index (κ3) is 3.83. The number of nitrogens with zero attached hydrogens (tertiary/aromatic N) is 7. The van der Waals surface area contributed by atoms with Crippen LogP contribution in [0.1, 0.15) is 39.3 Å². The summed E-state index contributed by atoms with van der Waals surface area (Å²) in [6, 6.07) is 6.39. The van der Waals surface area contributed by atoms with Crippen LogP contribution >= 0.6 is 0 Å². The molecule has 0 bridgehead atoms. The molecular weight excluding hydrogens is 466 g/mol. The van der Waals surface area contributed by atoms with Gasteiger partial charge in [-0.3, -0.25) is 24.5 Å². The molecule has 13 nitrogen and oxygen atoms in total. The lowest BCUT2D eigenvalue weighted by Gasteiger charge is -2.39. The van der Waals surface area contributed by atoms with Crippen molar-refractivity contribution in [1.82, 2.24) is 40.1 Å². The van der Waals surface area contributed by atoms with E-state index in [1.54, 1.807) is 41.6 Å². The number of nitrogens with one attached hydrogen (secondary N) is 2. The molecule has 3 aliphatic heterocycles. The van der Waals surface area contributed by atoms with E-state index in [4.69, 9.17) is 0 Å². The molecule has 6 rings (SSSR count). The number of likely N-dealkylation sites (tertiary alicyclic amines) is 1. The highest BCUT2D eigenvalue weighted by Crippen LogP contribution is 2.29. The minimum Gasteiger partial charge on any atom is -0.364 e. The smallest absolute Gasteiger partial charge is 0.276 e. The number of amides is 4. The molecule has 3 aromatic rings. The van der Waals surface area contributed by atoms with Gasteiger partial charge in [-0.15, -0.1) is 5.10 Å². The van der Waals surface area contributed by atoms with Crippen molar-refractivity contribution in [2.24, 2.45) is 0 Å². The number of imide groups is 1. The molecule has 2 fully saturated rings. The van der Waals surface area contributed by atoms with Crippen molar-refractivity contribution < 1.29 is 19.2 Å². The topological polar surface area (TPSA) is 155 Å². The van der Waals surface area contributed by atoms with Crippen LogP contribution in [-0.2, 0) is 16.1 Å². The second-order valence-electron chi connectivity index (χ2n) is 8.94. The fourth-order valence-corrected chi connectivity index (χ4v) is 4.67. The predicted molar refractivity (Wildman–Crippen MR) is 123 cm³/mol. The van der Waals surface area contributed by atoms with E-state index in [1.165, 1.54) is 15.9 Å². The summed E-state index contributed by atoms with van der Waals surface area (Å²) in [7, 11) is 0. The molecule has 182 valence electrons. The Morgan fingerprint density at radius 3 is 2.78 bits per heavy atom. The summed E-state index contributed by atoms with van der Waals surface area (Å²) in [5, 5.41) is 13.7. The zero-order valence-corrected chi connectivity index (χ0v) is 19.0. The van der Waals surface area contributed by atoms with Gasteiger partial charge in [0.15, 0.2) is 5.69 Å². The maximum absolute atomic E-state index is 12.9. The fraction of sp³-hybridized carbons (Fsp3) is 0.304. The Labute approximate surface area is 204 Å². The van der Waals surface area contributed by atoms with Gasteiger partial charge in [-0.1, -0.05) is 5.21 Å². The number of carbonyl (C=O) groups excluding carboxylic acids is 4. The van der Waals surface area contributed by atoms with Crippen LogP contribution in [0.25, 0.3) is 5.69 Å². The molecule has 1 unspecified atom stereocenters. The highest BCUT2D eigenvalue weighted by Gasteiger charge is 2.39. The lowest BCUT2D eigenvalue weighted by Crippen LogP contribution is -2.57. The van der Waals surface area contributed by atoms with Crippen molar-refractivity contribution in [2.75, 3.05) is 18.4 Å². The Bertz CT molecular complexity index is 1380. The van der Waals surface area contributed by atoms with E-state index in [2.05, 4.69) is 30.9 Å². The second kappa shape index (κ2) is 8.52. The average molecular weight is 487 g/mol. The molecule has 0 spiro atoms. The Hall–Kier alpha value is -4.68. The van der Waals surface area contributed by atoms with Gasteiger partial charge in [0.05, 0.1) is 17.9 Å². The van der Waals surface area contributed by atoms with Crippen LogP contribution in [0.15, 0.2) is 43.0 Å². The first-order valence-corrected chi connectivity index (χ1v) is 11.5. The normalized spacial score (nSPS) is 19.7.